The lowest BCUT2D eigenvalue weighted by atomic mass is 10.1. The van der Waals surface area contributed by atoms with E-state index in [4.69, 9.17) is 4.74 Å². The average molecular weight is 464 g/mol. The van der Waals surface area contributed by atoms with Crippen molar-refractivity contribution >= 4 is 34.6 Å². The maximum absolute atomic E-state index is 13.3. The molecule has 1 aromatic heterocycles. The first-order valence-electron chi connectivity index (χ1n) is 9.08. The fourth-order valence-corrected chi connectivity index (χ4v) is 3.60. The highest BCUT2D eigenvalue weighted by Crippen LogP contribution is 2.37. The number of amides is 1. The van der Waals surface area contributed by atoms with E-state index in [2.05, 4.69) is 0 Å². The Balaban J connectivity index is 1.76. The molecule has 11 heteroatoms. The Bertz CT molecular complexity index is 1160. The molecule has 3 aromatic rings. The summed E-state index contributed by atoms with van der Waals surface area (Å²) in [6.07, 6.45) is -6.37. The number of benzene rings is 2. The van der Waals surface area contributed by atoms with Gasteiger partial charge in [0.15, 0.2) is 6.10 Å². The van der Waals surface area contributed by atoms with Gasteiger partial charge in [-0.1, -0.05) is 30.3 Å². The second-order valence-corrected chi connectivity index (χ2v) is 7.47. The predicted molar refractivity (Wildman–Crippen MR) is 111 cm³/mol. The SMILES string of the molecule is CC(OC(=O)c1sccc1-c1ccccc1)C(=O)Nc1ccc([N+](=O)[O-])cc1C(F)(F)F. The van der Waals surface area contributed by atoms with Gasteiger partial charge in [0.05, 0.1) is 16.2 Å². The van der Waals surface area contributed by atoms with Crippen molar-refractivity contribution in [1.29, 1.82) is 0 Å². The molecule has 1 heterocycles. The molecule has 0 fully saturated rings. The molecule has 2 aromatic carbocycles. The summed E-state index contributed by atoms with van der Waals surface area (Å²) in [6, 6.07) is 12.6. The first kappa shape index (κ1) is 22.9. The highest BCUT2D eigenvalue weighted by molar-refractivity contribution is 7.12. The lowest BCUT2D eigenvalue weighted by Gasteiger charge is -2.17. The van der Waals surface area contributed by atoms with Crippen LogP contribution in [-0.2, 0) is 15.7 Å². The van der Waals surface area contributed by atoms with Gasteiger partial charge < -0.3 is 10.1 Å². The Kier molecular flexibility index (Phi) is 6.58. The predicted octanol–water partition coefficient (Wildman–Crippen LogP) is 5.53. The zero-order valence-corrected chi connectivity index (χ0v) is 17.2. The summed E-state index contributed by atoms with van der Waals surface area (Å²) in [6.45, 7) is 1.21. The van der Waals surface area contributed by atoms with Crippen LogP contribution in [0.5, 0.6) is 0 Å². The number of halogens is 3. The summed E-state index contributed by atoms with van der Waals surface area (Å²) in [5.74, 6) is -1.82. The van der Waals surface area contributed by atoms with Crippen LogP contribution in [0, 0.1) is 10.1 Å². The number of rotatable bonds is 6. The highest BCUT2D eigenvalue weighted by atomic mass is 32.1. The molecule has 0 radical (unpaired) electrons. The van der Waals surface area contributed by atoms with Crippen LogP contribution in [0.1, 0.15) is 22.2 Å². The normalized spacial score (nSPS) is 12.1. The van der Waals surface area contributed by atoms with Crippen molar-refractivity contribution in [2.24, 2.45) is 0 Å². The number of ether oxygens (including phenoxy) is 1. The van der Waals surface area contributed by atoms with Gasteiger partial charge in [-0.05, 0) is 30.0 Å². The van der Waals surface area contributed by atoms with Gasteiger partial charge >= 0.3 is 12.1 Å². The van der Waals surface area contributed by atoms with Gasteiger partial charge in [-0.15, -0.1) is 11.3 Å². The Morgan fingerprint density at radius 1 is 1.12 bits per heavy atom. The molecule has 0 saturated heterocycles. The van der Waals surface area contributed by atoms with Crippen molar-refractivity contribution < 1.29 is 32.4 Å². The third-order valence-corrected chi connectivity index (χ3v) is 5.26. The van der Waals surface area contributed by atoms with E-state index >= 15 is 0 Å². The number of carbonyl (C=O) groups excluding carboxylic acids is 2. The van der Waals surface area contributed by atoms with Crippen molar-refractivity contribution in [2.75, 3.05) is 5.32 Å². The third kappa shape index (κ3) is 5.11. The Labute approximate surface area is 183 Å². The van der Waals surface area contributed by atoms with Crippen LogP contribution >= 0.6 is 11.3 Å². The van der Waals surface area contributed by atoms with E-state index in [1.54, 1.807) is 35.7 Å². The van der Waals surface area contributed by atoms with Gasteiger partial charge in [-0.3, -0.25) is 14.9 Å². The Morgan fingerprint density at radius 2 is 1.81 bits per heavy atom. The molecular formula is C21H15F3N2O5S. The fraction of sp³-hybridized carbons (Fsp3) is 0.143. The first-order valence-corrected chi connectivity index (χ1v) is 9.96. The number of hydrogen-bond acceptors (Lipinski definition) is 6. The smallest absolute Gasteiger partial charge is 0.418 e. The van der Waals surface area contributed by atoms with E-state index in [9.17, 15) is 32.9 Å². The van der Waals surface area contributed by atoms with Crippen LogP contribution in [-0.4, -0.2) is 22.9 Å². The molecule has 1 N–H and O–H groups in total. The number of non-ortho nitro benzene ring substituents is 1. The standard InChI is InChI=1S/C21H15F3N2O5S/c1-12(31-20(28)18-15(9-10-32-18)13-5-3-2-4-6-13)19(27)25-17-8-7-14(26(29)30)11-16(17)21(22,23)24/h2-12H,1H3,(H,25,27). The van der Waals surface area contributed by atoms with E-state index in [1.165, 1.54) is 6.92 Å². The molecule has 1 unspecified atom stereocenters. The van der Waals surface area contributed by atoms with Gasteiger partial charge in [0, 0.05) is 17.7 Å². The van der Waals surface area contributed by atoms with Crippen molar-refractivity contribution in [3.63, 3.8) is 0 Å². The molecule has 0 aliphatic heterocycles. The van der Waals surface area contributed by atoms with Crippen LogP contribution in [0.2, 0.25) is 0 Å². The second-order valence-electron chi connectivity index (χ2n) is 6.55. The minimum Gasteiger partial charge on any atom is -0.448 e. The van der Waals surface area contributed by atoms with Gasteiger partial charge in [0.1, 0.15) is 4.88 Å². The molecule has 1 amide bonds. The van der Waals surface area contributed by atoms with Gasteiger partial charge in [0.25, 0.3) is 11.6 Å². The van der Waals surface area contributed by atoms with Gasteiger partial charge in [-0.25, -0.2) is 4.79 Å². The zero-order chi connectivity index (χ0) is 23.5. The van der Waals surface area contributed by atoms with Crippen LogP contribution in [0.4, 0.5) is 24.5 Å². The lowest BCUT2D eigenvalue weighted by molar-refractivity contribution is -0.385. The molecule has 0 spiro atoms. The molecule has 32 heavy (non-hydrogen) atoms. The number of carbonyl (C=O) groups is 2. The van der Waals surface area contributed by atoms with E-state index in [1.807, 2.05) is 11.4 Å². The maximum atomic E-state index is 13.3. The summed E-state index contributed by atoms with van der Waals surface area (Å²) >= 11 is 1.10. The number of esters is 1. The summed E-state index contributed by atoms with van der Waals surface area (Å²) < 4.78 is 45.0. The quantitative estimate of drug-likeness (QED) is 0.294. The van der Waals surface area contributed by atoms with Crippen LogP contribution in [0.15, 0.2) is 60.0 Å². The van der Waals surface area contributed by atoms with E-state index in [-0.39, 0.29) is 4.88 Å². The number of nitro groups is 1. The third-order valence-electron chi connectivity index (χ3n) is 4.37. The van der Waals surface area contributed by atoms with E-state index < -0.39 is 46.0 Å². The van der Waals surface area contributed by atoms with E-state index in [0.29, 0.717) is 11.6 Å². The monoisotopic (exact) mass is 464 g/mol. The van der Waals surface area contributed by atoms with Crippen LogP contribution in [0.25, 0.3) is 11.1 Å². The summed E-state index contributed by atoms with van der Waals surface area (Å²) in [5.41, 5.74) is -1.48. The number of hydrogen-bond donors (Lipinski definition) is 1. The molecule has 1 atom stereocenters. The molecule has 3 rings (SSSR count). The van der Waals surface area contributed by atoms with E-state index in [0.717, 1.165) is 29.0 Å². The summed E-state index contributed by atoms with van der Waals surface area (Å²) in [5, 5.41) is 14.5. The van der Waals surface area contributed by atoms with Crippen molar-refractivity contribution in [3.8, 4) is 11.1 Å². The number of nitrogens with one attached hydrogen (secondary N) is 1. The number of nitro benzene ring substituents is 1. The number of thiophene rings is 1. The topological polar surface area (TPSA) is 98.5 Å². The summed E-state index contributed by atoms with van der Waals surface area (Å²) in [7, 11) is 0. The van der Waals surface area contributed by atoms with Crippen molar-refractivity contribution in [3.05, 3.63) is 80.5 Å². The molecule has 7 nitrogen and oxygen atoms in total. The second kappa shape index (κ2) is 9.18. The Hall–Kier alpha value is -3.73. The largest absolute Gasteiger partial charge is 0.448 e. The first-order chi connectivity index (χ1) is 15.1. The highest BCUT2D eigenvalue weighted by Gasteiger charge is 2.36. The van der Waals surface area contributed by atoms with Crippen molar-refractivity contribution in [2.45, 2.75) is 19.2 Å². The summed E-state index contributed by atoms with van der Waals surface area (Å²) in [4.78, 5) is 35.0. The number of nitrogens with zero attached hydrogens (tertiary/aromatic N) is 1. The minimum atomic E-state index is -4.95. The van der Waals surface area contributed by atoms with Gasteiger partial charge in [-0.2, -0.15) is 13.2 Å². The zero-order valence-electron chi connectivity index (χ0n) is 16.4. The minimum absolute atomic E-state index is 0.238. The lowest BCUT2D eigenvalue weighted by Crippen LogP contribution is -2.30. The molecule has 0 aliphatic carbocycles. The average Bonchev–Trinajstić information content (AvgIpc) is 3.23. The molecule has 0 saturated carbocycles. The number of alkyl halides is 3. The van der Waals surface area contributed by atoms with Crippen LogP contribution in [0.3, 0.4) is 0 Å². The maximum Gasteiger partial charge on any atom is 0.418 e. The van der Waals surface area contributed by atoms with Gasteiger partial charge in [0.2, 0.25) is 0 Å². The Morgan fingerprint density at radius 3 is 2.44 bits per heavy atom. The molecule has 0 aliphatic rings. The molecule has 166 valence electrons. The molecule has 0 bridgehead atoms. The van der Waals surface area contributed by atoms with Crippen molar-refractivity contribution in [1.82, 2.24) is 0 Å². The number of anilines is 1. The van der Waals surface area contributed by atoms with Crippen LogP contribution < -0.4 is 5.32 Å². The molecular weight excluding hydrogens is 449 g/mol. The fourth-order valence-electron chi connectivity index (χ4n) is 2.80.